The molecule has 1 saturated heterocycles. The molecule has 0 bridgehead atoms. The van der Waals surface area contributed by atoms with Crippen molar-refractivity contribution in [3.8, 4) is 0 Å². The highest BCUT2D eigenvalue weighted by Crippen LogP contribution is 2.40. The summed E-state index contributed by atoms with van der Waals surface area (Å²) in [6, 6.07) is 11.8. The number of carbonyl (C=O) groups excluding carboxylic acids is 2. The van der Waals surface area contributed by atoms with Gasteiger partial charge in [-0.1, -0.05) is 35.5 Å². The van der Waals surface area contributed by atoms with Gasteiger partial charge in [0.25, 0.3) is 5.91 Å². The second kappa shape index (κ2) is 9.00. The molecule has 2 amide bonds. The van der Waals surface area contributed by atoms with E-state index in [0.29, 0.717) is 31.1 Å². The van der Waals surface area contributed by atoms with E-state index < -0.39 is 0 Å². The lowest BCUT2D eigenvalue weighted by Gasteiger charge is -2.38. The van der Waals surface area contributed by atoms with Crippen LogP contribution in [0.2, 0.25) is 0 Å². The molecule has 2 aromatic rings. The standard InChI is InChI=1S/C23H30N4O3/c1-15-11-19(25-23(29)20-13-21(30-26-20)17-7-8-17)9-10-27(15)22(28)12-18(14-24)16-5-3-2-4-6-16/h2-6,13,15,17-19H,7-12,14,24H2,1H3,(H,25,29)/t15-,18?,19+/m1/s1. The normalized spacial score (nSPS) is 22.5. The van der Waals surface area contributed by atoms with Crippen molar-refractivity contribution >= 4 is 11.8 Å². The number of nitrogens with one attached hydrogen (secondary N) is 1. The Hall–Kier alpha value is -2.67. The van der Waals surface area contributed by atoms with Crippen LogP contribution in [0.5, 0.6) is 0 Å². The zero-order chi connectivity index (χ0) is 21.1. The highest BCUT2D eigenvalue weighted by Gasteiger charge is 2.32. The summed E-state index contributed by atoms with van der Waals surface area (Å²) in [5.41, 5.74) is 7.38. The Morgan fingerprint density at radius 3 is 2.70 bits per heavy atom. The minimum absolute atomic E-state index is 0.0242. The molecule has 0 spiro atoms. The molecule has 7 heteroatoms. The van der Waals surface area contributed by atoms with Gasteiger partial charge in [-0.25, -0.2) is 0 Å². The molecule has 2 heterocycles. The van der Waals surface area contributed by atoms with Crippen molar-refractivity contribution < 1.29 is 14.1 Å². The molecule has 3 N–H and O–H groups in total. The van der Waals surface area contributed by atoms with Gasteiger partial charge in [-0.2, -0.15) is 0 Å². The smallest absolute Gasteiger partial charge is 0.273 e. The van der Waals surface area contributed by atoms with Crippen LogP contribution >= 0.6 is 0 Å². The van der Waals surface area contributed by atoms with E-state index in [-0.39, 0.29) is 29.8 Å². The van der Waals surface area contributed by atoms with Crippen LogP contribution in [-0.2, 0) is 4.79 Å². The topological polar surface area (TPSA) is 101 Å². The van der Waals surface area contributed by atoms with E-state index in [2.05, 4.69) is 10.5 Å². The number of carbonyl (C=O) groups is 2. The van der Waals surface area contributed by atoms with Crippen molar-refractivity contribution in [3.05, 3.63) is 53.4 Å². The minimum atomic E-state index is -0.199. The molecule has 1 aliphatic heterocycles. The summed E-state index contributed by atoms with van der Waals surface area (Å²) in [6.07, 6.45) is 4.08. The molecular formula is C23H30N4O3. The van der Waals surface area contributed by atoms with Gasteiger partial charge in [-0.05, 0) is 44.7 Å². The number of hydrogen-bond donors (Lipinski definition) is 2. The van der Waals surface area contributed by atoms with Gasteiger partial charge in [0.05, 0.1) is 0 Å². The van der Waals surface area contributed by atoms with Crippen molar-refractivity contribution in [2.24, 2.45) is 5.73 Å². The lowest BCUT2D eigenvalue weighted by molar-refractivity contribution is -0.135. The van der Waals surface area contributed by atoms with Crippen LogP contribution in [0.1, 0.15) is 72.7 Å². The fourth-order valence-corrected chi connectivity index (χ4v) is 4.28. The van der Waals surface area contributed by atoms with E-state index in [1.54, 1.807) is 6.07 Å². The molecule has 1 saturated carbocycles. The molecule has 3 atom stereocenters. The highest BCUT2D eigenvalue weighted by atomic mass is 16.5. The summed E-state index contributed by atoms with van der Waals surface area (Å²) in [6.45, 7) is 3.11. The van der Waals surface area contributed by atoms with Gasteiger partial charge in [0.15, 0.2) is 5.69 Å². The number of nitrogens with zero attached hydrogens (tertiary/aromatic N) is 2. The van der Waals surface area contributed by atoms with Gasteiger partial charge in [0, 0.05) is 43.0 Å². The Balaban J connectivity index is 1.29. The highest BCUT2D eigenvalue weighted by molar-refractivity contribution is 5.92. The van der Waals surface area contributed by atoms with E-state index in [0.717, 1.165) is 37.0 Å². The van der Waals surface area contributed by atoms with Crippen LogP contribution < -0.4 is 11.1 Å². The largest absolute Gasteiger partial charge is 0.360 e. The number of nitrogens with two attached hydrogens (primary N) is 1. The average Bonchev–Trinajstić information content (AvgIpc) is 3.48. The molecule has 0 radical (unpaired) electrons. The number of aromatic nitrogens is 1. The maximum absolute atomic E-state index is 12.9. The number of amides is 2. The molecule has 2 aliphatic rings. The van der Waals surface area contributed by atoms with E-state index in [4.69, 9.17) is 10.3 Å². The van der Waals surface area contributed by atoms with E-state index in [1.807, 2.05) is 42.2 Å². The molecule has 2 fully saturated rings. The van der Waals surface area contributed by atoms with Crippen LogP contribution in [0.25, 0.3) is 0 Å². The van der Waals surface area contributed by atoms with Gasteiger partial charge in [-0.3, -0.25) is 9.59 Å². The zero-order valence-corrected chi connectivity index (χ0v) is 17.4. The second-order valence-electron chi connectivity index (χ2n) is 8.57. The first kappa shape index (κ1) is 20.6. The van der Waals surface area contributed by atoms with Crippen molar-refractivity contribution in [2.75, 3.05) is 13.1 Å². The lowest BCUT2D eigenvalue weighted by atomic mass is 9.93. The quantitative estimate of drug-likeness (QED) is 0.731. The van der Waals surface area contributed by atoms with Crippen molar-refractivity contribution in [2.45, 2.75) is 62.9 Å². The Kier molecular flexibility index (Phi) is 6.18. The molecule has 1 aromatic carbocycles. The second-order valence-corrected chi connectivity index (χ2v) is 8.57. The Bertz CT molecular complexity index is 878. The number of hydrogen-bond acceptors (Lipinski definition) is 5. The molecule has 30 heavy (non-hydrogen) atoms. The molecule has 4 rings (SSSR count). The first-order valence-electron chi connectivity index (χ1n) is 10.9. The first-order valence-corrected chi connectivity index (χ1v) is 10.9. The zero-order valence-electron chi connectivity index (χ0n) is 17.4. The number of benzene rings is 1. The van der Waals surface area contributed by atoms with E-state index >= 15 is 0 Å². The average molecular weight is 411 g/mol. The fourth-order valence-electron chi connectivity index (χ4n) is 4.28. The summed E-state index contributed by atoms with van der Waals surface area (Å²) < 4.78 is 5.28. The van der Waals surface area contributed by atoms with Gasteiger partial charge in [0.2, 0.25) is 5.91 Å². The third-order valence-corrected chi connectivity index (χ3v) is 6.25. The van der Waals surface area contributed by atoms with Crippen molar-refractivity contribution in [3.63, 3.8) is 0 Å². The van der Waals surface area contributed by atoms with Gasteiger partial charge < -0.3 is 20.5 Å². The maximum Gasteiger partial charge on any atom is 0.273 e. The molecule has 7 nitrogen and oxygen atoms in total. The van der Waals surface area contributed by atoms with E-state index in [9.17, 15) is 9.59 Å². The van der Waals surface area contributed by atoms with Gasteiger partial charge in [0.1, 0.15) is 5.76 Å². The van der Waals surface area contributed by atoms with Crippen molar-refractivity contribution in [1.82, 2.24) is 15.4 Å². The monoisotopic (exact) mass is 410 g/mol. The van der Waals surface area contributed by atoms with Crippen LogP contribution in [-0.4, -0.2) is 47.0 Å². The maximum atomic E-state index is 12.9. The van der Waals surface area contributed by atoms with Gasteiger partial charge in [-0.15, -0.1) is 0 Å². The van der Waals surface area contributed by atoms with E-state index in [1.165, 1.54) is 0 Å². The third kappa shape index (κ3) is 4.73. The molecule has 1 aliphatic carbocycles. The first-order chi connectivity index (χ1) is 14.5. The Morgan fingerprint density at radius 2 is 2.03 bits per heavy atom. The summed E-state index contributed by atoms with van der Waals surface area (Å²) in [5.74, 6) is 1.19. The van der Waals surface area contributed by atoms with Crippen molar-refractivity contribution in [1.29, 1.82) is 0 Å². The van der Waals surface area contributed by atoms with Crippen LogP contribution in [0.15, 0.2) is 40.9 Å². The predicted octanol–water partition coefficient (Wildman–Crippen LogP) is 2.79. The molecular weight excluding hydrogens is 380 g/mol. The SMILES string of the molecule is C[C@@H]1C[C@@H](NC(=O)c2cc(C3CC3)on2)CCN1C(=O)CC(CN)c1ccccc1. The van der Waals surface area contributed by atoms with Crippen LogP contribution in [0.3, 0.4) is 0 Å². The Morgan fingerprint density at radius 1 is 1.27 bits per heavy atom. The van der Waals surface area contributed by atoms with Crippen LogP contribution in [0.4, 0.5) is 0 Å². The number of likely N-dealkylation sites (tertiary alicyclic amines) is 1. The molecule has 160 valence electrons. The van der Waals surface area contributed by atoms with Gasteiger partial charge >= 0.3 is 0 Å². The fraction of sp³-hybridized carbons (Fsp3) is 0.522. The lowest BCUT2D eigenvalue weighted by Crippen LogP contribution is -2.51. The van der Waals surface area contributed by atoms with Crippen LogP contribution in [0, 0.1) is 0 Å². The third-order valence-electron chi connectivity index (χ3n) is 6.25. The number of rotatable bonds is 7. The summed E-state index contributed by atoms with van der Waals surface area (Å²) in [5, 5.41) is 6.97. The summed E-state index contributed by atoms with van der Waals surface area (Å²) in [7, 11) is 0. The molecule has 1 aromatic heterocycles. The Labute approximate surface area is 177 Å². The summed E-state index contributed by atoms with van der Waals surface area (Å²) >= 11 is 0. The minimum Gasteiger partial charge on any atom is -0.360 e. The summed E-state index contributed by atoms with van der Waals surface area (Å²) in [4.78, 5) is 27.4. The molecule has 1 unspecified atom stereocenters. The number of piperidine rings is 1. The predicted molar refractivity (Wildman–Crippen MR) is 113 cm³/mol.